The van der Waals surface area contributed by atoms with Gasteiger partial charge in [-0.05, 0) is 17.7 Å². The lowest BCUT2D eigenvalue weighted by Gasteiger charge is -2.31. The molecule has 21 heavy (non-hydrogen) atoms. The zero-order chi connectivity index (χ0) is 15.1. The number of nitrogens with zero attached hydrogens (tertiary/aromatic N) is 2. The van der Waals surface area contributed by atoms with E-state index < -0.39 is 0 Å². The SMILES string of the molecule is COc1cccc(CNC(=O)CN2CCNCC2C#N)c1. The van der Waals surface area contributed by atoms with E-state index >= 15 is 0 Å². The Morgan fingerprint density at radius 1 is 1.62 bits per heavy atom. The van der Waals surface area contributed by atoms with E-state index in [-0.39, 0.29) is 18.5 Å². The zero-order valence-corrected chi connectivity index (χ0v) is 12.1. The van der Waals surface area contributed by atoms with Crippen LogP contribution in [0.4, 0.5) is 0 Å². The van der Waals surface area contributed by atoms with Crippen LogP contribution < -0.4 is 15.4 Å². The van der Waals surface area contributed by atoms with Gasteiger partial charge in [-0.3, -0.25) is 9.69 Å². The van der Waals surface area contributed by atoms with Crippen molar-refractivity contribution in [2.75, 3.05) is 33.3 Å². The van der Waals surface area contributed by atoms with Gasteiger partial charge in [0, 0.05) is 26.2 Å². The molecule has 1 heterocycles. The van der Waals surface area contributed by atoms with E-state index in [1.165, 1.54) is 0 Å². The van der Waals surface area contributed by atoms with Crippen molar-refractivity contribution in [1.29, 1.82) is 5.26 Å². The summed E-state index contributed by atoms with van der Waals surface area (Å²) in [6.07, 6.45) is 0. The molecule has 6 heteroatoms. The van der Waals surface area contributed by atoms with Crippen molar-refractivity contribution in [2.24, 2.45) is 0 Å². The number of nitrogens with one attached hydrogen (secondary N) is 2. The summed E-state index contributed by atoms with van der Waals surface area (Å²) < 4.78 is 5.15. The molecule has 6 nitrogen and oxygen atoms in total. The van der Waals surface area contributed by atoms with Gasteiger partial charge >= 0.3 is 0 Å². The fraction of sp³-hybridized carbons (Fsp3) is 0.467. The van der Waals surface area contributed by atoms with Gasteiger partial charge in [0.15, 0.2) is 0 Å². The second-order valence-corrected chi connectivity index (χ2v) is 4.95. The highest BCUT2D eigenvalue weighted by Gasteiger charge is 2.23. The minimum absolute atomic E-state index is 0.0695. The van der Waals surface area contributed by atoms with E-state index in [0.717, 1.165) is 17.9 Å². The Kier molecular flexibility index (Phi) is 5.55. The molecule has 1 aromatic carbocycles. The summed E-state index contributed by atoms with van der Waals surface area (Å²) in [6, 6.07) is 9.56. The molecule has 0 spiro atoms. The van der Waals surface area contributed by atoms with Crippen molar-refractivity contribution in [1.82, 2.24) is 15.5 Å². The molecule has 0 saturated carbocycles. The van der Waals surface area contributed by atoms with Crippen LogP contribution >= 0.6 is 0 Å². The summed E-state index contributed by atoms with van der Waals surface area (Å²) in [6.45, 7) is 2.84. The molecule has 1 fully saturated rings. The minimum atomic E-state index is -0.235. The number of ether oxygens (including phenoxy) is 1. The van der Waals surface area contributed by atoms with Crippen LogP contribution in [0, 0.1) is 11.3 Å². The average molecular weight is 288 g/mol. The number of piperazine rings is 1. The topological polar surface area (TPSA) is 77.4 Å². The molecular formula is C15H20N4O2. The largest absolute Gasteiger partial charge is 0.497 e. The number of carbonyl (C=O) groups excluding carboxylic acids is 1. The van der Waals surface area contributed by atoms with Crippen molar-refractivity contribution in [2.45, 2.75) is 12.6 Å². The maximum absolute atomic E-state index is 12.0. The first-order valence-corrected chi connectivity index (χ1v) is 6.97. The van der Waals surface area contributed by atoms with E-state index in [4.69, 9.17) is 10.00 Å². The molecule has 1 aromatic rings. The lowest BCUT2D eigenvalue weighted by molar-refractivity contribution is -0.122. The third-order valence-corrected chi connectivity index (χ3v) is 3.47. The van der Waals surface area contributed by atoms with Gasteiger partial charge in [0.1, 0.15) is 11.8 Å². The van der Waals surface area contributed by atoms with E-state index in [0.29, 0.717) is 19.6 Å². The molecule has 1 atom stereocenters. The first kappa shape index (κ1) is 15.3. The molecule has 0 bridgehead atoms. The van der Waals surface area contributed by atoms with Crippen LogP contribution in [-0.2, 0) is 11.3 Å². The van der Waals surface area contributed by atoms with Gasteiger partial charge in [0.05, 0.1) is 19.7 Å². The maximum Gasteiger partial charge on any atom is 0.234 e. The van der Waals surface area contributed by atoms with E-state index in [9.17, 15) is 4.79 Å². The van der Waals surface area contributed by atoms with Gasteiger partial charge < -0.3 is 15.4 Å². The highest BCUT2D eigenvalue weighted by Crippen LogP contribution is 2.12. The van der Waals surface area contributed by atoms with Gasteiger partial charge in [-0.2, -0.15) is 5.26 Å². The Labute approximate surface area is 124 Å². The summed E-state index contributed by atoms with van der Waals surface area (Å²) in [5, 5.41) is 15.1. The van der Waals surface area contributed by atoms with Crippen molar-refractivity contribution in [3.63, 3.8) is 0 Å². The highest BCUT2D eigenvalue weighted by atomic mass is 16.5. The Hall–Kier alpha value is -2.10. The fourth-order valence-corrected chi connectivity index (χ4v) is 2.29. The summed E-state index contributed by atoms with van der Waals surface area (Å²) in [5.74, 6) is 0.702. The standard InChI is InChI=1S/C15H20N4O2/c1-21-14-4-2-3-12(7-14)9-18-15(20)11-19-6-5-17-10-13(19)8-16/h2-4,7,13,17H,5-6,9-11H2,1H3,(H,18,20). The molecule has 1 unspecified atom stereocenters. The summed E-state index contributed by atoms with van der Waals surface area (Å²) in [4.78, 5) is 13.9. The molecule has 0 radical (unpaired) electrons. The number of hydrogen-bond acceptors (Lipinski definition) is 5. The van der Waals surface area contributed by atoms with Crippen molar-refractivity contribution in [3.05, 3.63) is 29.8 Å². The Bertz CT molecular complexity index is 527. The third-order valence-electron chi connectivity index (χ3n) is 3.47. The van der Waals surface area contributed by atoms with Crippen LogP contribution in [-0.4, -0.2) is 50.1 Å². The number of methoxy groups -OCH3 is 1. The van der Waals surface area contributed by atoms with Gasteiger partial charge in [0.2, 0.25) is 5.91 Å². The highest BCUT2D eigenvalue weighted by molar-refractivity contribution is 5.78. The van der Waals surface area contributed by atoms with Crippen molar-refractivity contribution < 1.29 is 9.53 Å². The third kappa shape index (κ3) is 4.45. The molecule has 2 rings (SSSR count). The van der Waals surface area contributed by atoms with Gasteiger partial charge in [-0.1, -0.05) is 12.1 Å². The van der Waals surface area contributed by atoms with Crippen LogP contribution in [0.5, 0.6) is 5.75 Å². The molecule has 1 aliphatic rings. The van der Waals surface area contributed by atoms with E-state index in [2.05, 4.69) is 16.7 Å². The molecule has 0 aromatic heterocycles. The van der Waals surface area contributed by atoms with Gasteiger partial charge in [-0.25, -0.2) is 0 Å². The predicted octanol–water partition coefficient (Wildman–Crippen LogP) is 0.109. The number of hydrogen-bond donors (Lipinski definition) is 2. The first-order valence-electron chi connectivity index (χ1n) is 6.97. The van der Waals surface area contributed by atoms with Gasteiger partial charge in [0.25, 0.3) is 0 Å². The predicted molar refractivity (Wildman–Crippen MR) is 78.7 cm³/mol. The molecule has 1 aliphatic heterocycles. The lowest BCUT2D eigenvalue weighted by Crippen LogP contribution is -2.53. The second kappa shape index (κ2) is 7.62. The number of nitriles is 1. The summed E-state index contributed by atoms with van der Waals surface area (Å²) in [7, 11) is 1.62. The molecule has 1 saturated heterocycles. The molecule has 0 aliphatic carbocycles. The Morgan fingerprint density at radius 2 is 2.48 bits per heavy atom. The smallest absolute Gasteiger partial charge is 0.234 e. The quantitative estimate of drug-likeness (QED) is 0.804. The van der Waals surface area contributed by atoms with Gasteiger partial charge in [-0.15, -0.1) is 0 Å². The molecule has 1 amide bonds. The normalized spacial score (nSPS) is 18.8. The summed E-state index contributed by atoms with van der Waals surface area (Å²) >= 11 is 0. The number of benzene rings is 1. The Balaban J connectivity index is 1.82. The van der Waals surface area contributed by atoms with E-state index in [1.54, 1.807) is 7.11 Å². The number of carbonyl (C=O) groups is 1. The second-order valence-electron chi connectivity index (χ2n) is 4.95. The van der Waals surface area contributed by atoms with Crippen molar-refractivity contribution in [3.8, 4) is 11.8 Å². The molecule has 112 valence electrons. The first-order chi connectivity index (χ1) is 10.2. The van der Waals surface area contributed by atoms with Crippen LogP contribution in [0.25, 0.3) is 0 Å². The number of rotatable bonds is 5. The maximum atomic E-state index is 12.0. The Morgan fingerprint density at radius 3 is 3.24 bits per heavy atom. The minimum Gasteiger partial charge on any atom is -0.497 e. The van der Waals surface area contributed by atoms with Crippen LogP contribution in [0.3, 0.4) is 0 Å². The zero-order valence-electron chi connectivity index (χ0n) is 12.1. The lowest BCUT2D eigenvalue weighted by atomic mass is 10.2. The van der Waals surface area contributed by atoms with Crippen LogP contribution in [0.2, 0.25) is 0 Å². The monoisotopic (exact) mass is 288 g/mol. The van der Waals surface area contributed by atoms with Crippen LogP contribution in [0.1, 0.15) is 5.56 Å². The fourth-order valence-electron chi connectivity index (χ4n) is 2.29. The average Bonchev–Trinajstić information content (AvgIpc) is 2.53. The molecular weight excluding hydrogens is 268 g/mol. The molecule has 2 N–H and O–H groups in total. The van der Waals surface area contributed by atoms with E-state index in [1.807, 2.05) is 29.2 Å². The number of amides is 1. The summed E-state index contributed by atoms with van der Waals surface area (Å²) in [5.41, 5.74) is 0.986. The van der Waals surface area contributed by atoms with Crippen molar-refractivity contribution >= 4 is 5.91 Å². The van der Waals surface area contributed by atoms with Crippen LogP contribution in [0.15, 0.2) is 24.3 Å².